The van der Waals surface area contributed by atoms with Gasteiger partial charge in [0.05, 0.1) is 11.4 Å². The maximum atomic E-state index is 13.0. The number of aliphatic hydroxyl groups excluding tert-OH is 1. The Bertz CT molecular complexity index is 590. The zero-order valence-electron chi connectivity index (χ0n) is 12.6. The van der Waals surface area contributed by atoms with E-state index in [9.17, 15) is 9.50 Å². The zero-order chi connectivity index (χ0) is 15.5. The first-order chi connectivity index (χ1) is 9.85. The van der Waals surface area contributed by atoms with Crippen LogP contribution in [0, 0.1) is 5.82 Å². The fourth-order valence-electron chi connectivity index (χ4n) is 1.93. The van der Waals surface area contributed by atoms with Gasteiger partial charge in [-0.1, -0.05) is 6.07 Å². The van der Waals surface area contributed by atoms with Gasteiger partial charge in [-0.2, -0.15) is 0 Å². The molecule has 0 aliphatic heterocycles. The normalized spacial score (nSPS) is 13.2. The Morgan fingerprint density at radius 3 is 2.43 bits per heavy atom. The molecule has 3 nitrogen and oxygen atoms in total. The maximum absolute atomic E-state index is 13.0. The monoisotopic (exact) mass is 288 g/mol. The molecule has 0 aliphatic carbocycles. The molecule has 1 atom stereocenters. The Morgan fingerprint density at radius 2 is 1.81 bits per heavy atom. The minimum absolute atomic E-state index is 0.0600. The highest BCUT2D eigenvalue weighted by Crippen LogP contribution is 2.20. The number of aromatic nitrogens is 1. The van der Waals surface area contributed by atoms with Gasteiger partial charge in [-0.3, -0.25) is 4.98 Å². The highest BCUT2D eigenvalue weighted by atomic mass is 19.1. The second-order valence-electron chi connectivity index (χ2n) is 6.10. The number of nitrogens with zero attached hydrogens (tertiary/aromatic N) is 1. The van der Waals surface area contributed by atoms with E-state index in [1.165, 1.54) is 12.1 Å². The summed E-state index contributed by atoms with van der Waals surface area (Å²) in [7, 11) is 0. The van der Waals surface area contributed by atoms with Crippen molar-refractivity contribution >= 4 is 0 Å². The van der Waals surface area contributed by atoms with E-state index in [4.69, 9.17) is 0 Å². The summed E-state index contributed by atoms with van der Waals surface area (Å²) in [6, 6.07) is 11.7. The number of halogens is 1. The Morgan fingerprint density at radius 1 is 1.14 bits per heavy atom. The van der Waals surface area contributed by atoms with E-state index in [1.54, 1.807) is 18.2 Å². The second kappa shape index (κ2) is 6.33. The van der Waals surface area contributed by atoms with Gasteiger partial charge in [-0.05, 0) is 57.2 Å². The van der Waals surface area contributed by atoms with Crippen LogP contribution in [0.1, 0.15) is 32.6 Å². The van der Waals surface area contributed by atoms with Crippen molar-refractivity contribution in [2.75, 3.05) is 6.54 Å². The first-order valence-electron chi connectivity index (χ1n) is 7.01. The molecule has 1 aromatic carbocycles. The molecule has 0 aliphatic rings. The molecule has 0 fully saturated rings. The number of hydrogen-bond acceptors (Lipinski definition) is 3. The predicted octanol–water partition coefficient (Wildman–Crippen LogP) is 3.31. The van der Waals surface area contributed by atoms with Crippen LogP contribution in [0.25, 0.3) is 11.3 Å². The standard InChI is InChI=1S/C17H21FN2O/c1-17(2,3)19-11-16(21)15-6-4-5-14(20-15)12-7-9-13(18)10-8-12/h4-10,16,19,21H,11H2,1-3H3/t16-/m1/s1. The summed E-state index contributed by atoms with van der Waals surface area (Å²) in [6.07, 6.45) is -0.676. The second-order valence-corrected chi connectivity index (χ2v) is 6.10. The van der Waals surface area contributed by atoms with E-state index in [2.05, 4.69) is 10.3 Å². The lowest BCUT2D eigenvalue weighted by molar-refractivity contribution is 0.159. The molecule has 112 valence electrons. The summed E-state index contributed by atoms with van der Waals surface area (Å²) in [5, 5.41) is 13.5. The average molecular weight is 288 g/mol. The van der Waals surface area contributed by atoms with Gasteiger partial charge in [0.15, 0.2) is 0 Å². The lowest BCUT2D eigenvalue weighted by Gasteiger charge is -2.22. The third-order valence-electron chi connectivity index (χ3n) is 3.08. The molecule has 0 radical (unpaired) electrons. The van der Waals surface area contributed by atoms with Crippen LogP contribution < -0.4 is 5.32 Å². The van der Waals surface area contributed by atoms with Crippen LogP contribution in [0.3, 0.4) is 0 Å². The van der Waals surface area contributed by atoms with Crippen molar-refractivity contribution in [3.63, 3.8) is 0 Å². The van der Waals surface area contributed by atoms with Gasteiger partial charge >= 0.3 is 0 Å². The van der Waals surface area contributed by atoms with E-state index in [1.807, 2.05) is 32.9 Å². The molecule has 0 spiro atoms. The van der Waals surface area contributed by atoms with Crippen LogP contribution in [-0.4, -0.2) is 22.2 Å². The van der Waals surface area contributed by atoms with Crippen LogP contribution in [0.5, 0.6) is 0 Å². The van der Waals surface area contributed by atoms with Gasteiger partial charge < -0.3 is 10.4 Å². The van der Waals surface area contributed by atoms with Crippen LogP contribution in [0.15, 0.2) is 42.5 Å². The zero-order valence-corrected chi connectivity index (χ0v) is 12.6. The van der Waals surface area contributed by atoms with E-state index < -0.39 is 6.10 Å². The van der Waals surface area contributed by atoms with Crippen LogP contribution in [-0.2, 0) is 0 Å². The molecule has 1 heterocycles. The largest absolute Gasteiger partial charge is 0.385 e. The highest BCUT2D eigenvalue weighted by molar-refractivity contribution is 5.58. The van der Waals surface area contributed by atoms with Gasteiger partial charge in [0.1, 0.15) is 11.9 Å². The molecular formula is C17H21FN2O. The first kappa shape index (κ1) is 15.6. The summed E-state index contributed by atoms with van der Waals surface area (Å²) in [6.45, 7) is 6.57. The number of β-amino-alcohol motifs (C(OH)–C–C–N with tert-alkyl or cyclic N) is 1. The van der Waals surface area contributed by atoms with Gasteiger partial charge in [0, 0.05) is 17.6 Å². The Labute approximate surface area is 124 Å². The molecule has 1 aromatic heterocycles. The fourth-order valence-corrected chi connectivity index (χ4v) is 1.93. The minimum Gasteiger partial charge on any atom is -0.385 e. The van der Waals surface area contributed by atoms with Gasteiger partial charge in [-0.25, -0.2) is 4.39 Å². The number of hydrogen-bond donors (Lipinski definition) is 2. The first-order valence-corrected chi connectivity index (χ1v) is 7.01. The van der Waals surface area contributed by atoms with E-state index in [-0.39, 0.29) is 11.4 Å². The van der Waals surface area contributed by atoms with Crippen molar-refractivity contribution < 1.29 is 9.50 Å². The van der Waals surface area contributed by atoms with Crippen molar-refractivity contribution in [3.8, 4) is 11.3 Å². The molecule has 2 N–H and O–H groups in total. The maximum Gasteiger partial charge on any atom is 0.123 e. The molecule has 0 unspecified atom stereocenters. The summed E-state index contributed by atoms with van der Waals surface area (Å²) < 4.78 is 13.0. The summed E-state index contributed by atoms with van der Waals surface area (Å²) in [5.74, 6) is -0.274. The number of rotatable bonds is 4. The minimum atomic E-state index is -0.676. The van der Waals surface area contributed by atoms with Crippen molar-refractivity contribution in [1.29, 1.82) is 0 Å². The van der Waals surface area contributed by atoms with Crippen molar-refractivity contribution in [2.24, 2.45) is 0 Å². The van der Waals surface area contributed by atoms with Crippen LogP contribution in [0.4, 0.5) is 4.39 Å². The molecule has 21 heavy (non-hydrogen) atoms. The number of benzene rings is 1. The van der Waals surface area contributed by atoms with Gasteiger partial charge in [0.25, 0.3) is 0 Å². The molecule has 0 amide bonds. The van der Waals surface area contributed by atoms with Crippen molar-refractivity contribution in [3.05, 3.63) is 54.0 Å². The summed E-state index contributed by atoms with van der Waals surface area (Å²) in [4.78, 5) is 4.46. The number of pyridine rings is 1. The van der Waals surface area contributed by atoms with E-state index in [0.717, 1.165) is 11.3 Å². The molecular weight excluding hydrogens is 267 g/mol. The van der Waals surface area contributed by atoms with Gasteiger partial charge in [0.2, 0.25) is 0 Å². The number of nitrogens with one attached hydrogen (secondary N) is 1. The third kappa shape index (κ3) is 4.62. The highest BCUT2D eigenvalue weighted by Gasteiger charge is 2.15. The molecule has 4 heteroatoms. The topological polar surface area (TPSA) is 45.1 Å². The smallest absolute Gasteiger partial charge is 0.123 e. The molecule has 0 saturated heterocycles. The van der Waals surface area contributed by atoms with Gasteiger partial charge in [-0.15, -0.1) is 0 Å². The van der Waals surface area contributed by atoms with Crippen molar-refractivity contribution in [1.82, 2.24) is 10.3 Å². The Balaban J connectivity index is 2.15. The Hall–Kier alpha value is -1.78. The Kier molecular flexibility index (Phi) is 4.70. The summed E-state index contributed by atoms with van der Waals surface area (Å²) in [5.41, 5.74) is 2.10. The van der Waals surface area contributed by atoms with E-state index >= 15 is 0 Å². The fraction of sp³-hybridized carbons (Fsp3) is 0.353. The van der Waals surface area contributed by atoms with Crippen molar-refractivity contribution in [2.45, 2.75) is 32.4 Å². The average Bonchev–Trinajstić information content (AvgIpc) is 2.45. The lowest BCUT2D eigenvalue weighted by Crippen LogP contribution is -2.38. The molecule has 0 bridgehead atoms. The molecule has 0 saturated carbocycles. The van der Waals surface area contributed by atoms with Crippen LogP contribution in [0.2, 0.25) is 0 Å². The molecule has 2 aromatic rings. The lowest BCUT2D eigenvalue weighted by atomic mass is 10.1. The third-order valence-corrected chi connectivity index (χ3v) is 3.08. The molecule has 2 rings (SSSR count). The van der Waals surface area contributed by atoms with Crippen LogP contribution >= 0.6 is 0 Å². The quantitative estimate of drug-likeness (QED) is 0.907. The van der Waals surface area contributed by atoms with E-state index in [0.29, 0.717) is 12.2 Å². The predicted molar refractivity (Wildman–Crippen MR) is 82.3 cm³/mol. The number of aliphatic hydroxyl groups is 1. The SMILES string of the molecule is CC(C)(C)NC[C@@H](O)c1cccc(-c2ccc(F)cc2)n1. The summed E-state index contributed by atoms with van der Waals surface area (Å²) >= 11 is 0.